The highest BCUT2D eigenvalue weighted by Gasteiger charge is 2.41. The number of unbranched alkanes of at least 4 members (excludes halogenated alkanes) is 1. The van der Waals surface area contributed by atoms with Crippen molar-refractivity contribution in [2.24, 2.45) is 5.41 Å². The van der Waals surface area contributed by atoms with Crippen molar-refractivity contribution in [1.29, 1.82) is 0 Å². The Balaban J connectivity index is 0.000000633. The van der Waals surface area contributed by atoms with Crippen molar-refractivity contribution in [3.05, 3.63) is 48.0 Å². The molecule has 1 heterocycles. The molecule has 11 heteroatoms. The summed E-state index contributed by atoms with van der Waals surface area (Å²) >= 11 is 0. The van der Waals surface area contributed by atoms with Gasteiger partial charge in [0.2, 0.25) is 0 Å². The lowest BCUT2D eigenvalue weighted by Gasteiger charge is -2.31. The lowest BCUT2D eigenvalue weighted by Crippen LogP contribution is -2.47. The molecule has 0 aromatic heterocycles. The molecule has 1 aliphatic rings. The minimum Gasteiger partial charge on any atom is -0.542 e. The molecule has 1 atom stereocenters. The van der Waals surface area contributed by atoms with Crippen molar-refractivity contribution in [2.45, 2.75) is 45.1 Å². The second-order valence-corrected chi connectivity index (χ2v) is 7.33. The summed E-state index contributed by atoms with van der Waals surface area (Å²) in [6, 6.07) is 9.91. The van der Waals surface area contributed by atoms with E-state index in [-0.39, 0.29) is 6.54 Å². The number of carboxylic acids is 1. The highest BCUT2D eigenvalue weighted by molar-refractivity contribution is 5.81. The molecule has 0 radical (unpaired) electrons. The van der Waals surface area contributed by atoms with E-state index in [1.54, 1.807) is 0 Å². The summed E-state index contributed by atoms with van der Waals surface area (Å²) in [6.45, 7) is 3.30. The molecule has 0 bridgehead atoms. The molecule has 1 aromatic rings. The third kappa shape index (κ3) is 9.52. The van der Waals surface area contributed by atoms with Crippen LogP contribution in [0.5, 0.6) is 0 Å². The molecule has 1 aliphatic heterocycles. The van der Waals surface area contributed by atoms with Gasteiger partial charge in [0.1, 0.15) is 5.97 Å². The number of carboxylic acid groups (broad SMARTS) is 1. The van der Waals surface area contributed by atoms with Gasteiger partial charge in [0, 0.05) is 12.1 Å². The number of hydrogen-bond donors (Lipinski definition) is 1. The molecule has 1 amide bonds. The van der Waals surface area contributed by atoms with Gasteiger partial charge in [0.15, 0.2) is 19.3 Å². The van der Waals surface area contributed by atoms with E-state index in [9.17, 15) is 31.1 Å². The van der Waals surface area contributed by atoms with Crippen LogP contribution in [0.4, 0.5) is 26.3 Å². The van der Waals surface area contributed by atoms with Crippen molar-refractivity contribution >= 4 is 18.1 Å². The first kappa shape index (κ1) is 27.2. The van der Waals surface area contributed by atoms with Gasteiger partial charge in [-0.05, 0) is 12.5 Å². The van der Waals surface area contributed by atoms with Gasteiger partial charge >= 0.3 is 18.3 Å². The zero-order chi connectivity index (χ0) is 24.4. The number of amides is 1. The Morgan fingerprint density at radius 3 is 2.19 bits per heavy atom. The Morgan fingerprint density at radius 1 is 1.09 bits per heavy atom. The Labute approximate surface area is 181 Å². The normalized spacial score (nSPS) is 18.3. The summed E-state index contributed by atoms with van der Waals surface area (Å²) in [5.41, 5.74) is 0.651. The first-order valence-electron chi connectivity index (χ1n) is 9.73. The van der Waals surface area contributed by atoms with E-state index in [1.165, 1.54) is 0 Å². The largest absolute Gasteiger partial charge is 0.542 e. The molecule has 0 saturated heterocycles. The maximum absolute atomic E-state index is 12.5. The zero-order valence-corrected chi connectivity index (χ0v) is 17.3. The summed E-state index contributed by atoms with van der Waals surface area (Å²) in [5.74, 6) is -4.88. The maximum atomic E-state index is 12.5. The number of aliphatic carboxylic acids is 1. The van der Waals surface area contributed by atoms with E-state index in [4.69, 9.17) is 9.90 Å². The molecular weight excluding hydrogens is 442 g/mol. The molecule has 1 N–H and O–H groups in total. The molecule has 0 aliphatic carbocycles. The average Bonchev–Trinajstić information content (AvgIpc) is 2.71. The highest BCUT2D eigenvalue weighted by atomic mass is 19.4. The number of nitrogens with zero attached hydrogens (tertiary/aromatic N) is 1. The fraction of sp³-hybridized carbons (Fsp3) is 0.476. The second-order valence-electron chi connectivity index (χ2n) is 7.33. The number of carbonyl (C=O) groups is 2. The fourth-order valence-corrected chi connectivity index (χ4v) is 3.06. The monoisotopic (exact) mass is 466 g/mol. The number of halogens is 6. The third-order valence-electron chi connectivity index (χ3n) is 4.61. The predicted octanol–water partition coefficient (Wildman–Crippen LogP) is 2.99. The maximum Gasteiger partial charge on any atom is 0.471 e. The first-order valence-corrected chi connectivity index (χ1v) is 9.73. The molecule has 0 saturated carbocycles. The molecule has 0 fully saturated rings. The molecule has 5 nitrogen and oxygen atoms in total. The van der Waals surface area contributed by atoms with Gasteiger partial charge < -0.3 is 15.2 Å². The SMILES string of the molecule is CCCCC1(CNC(=O)C(F)(F)F)C=CC=[N+](Cc2ccccc2)C1.O=C([O-])C(F)(F)F. The van der Waals surface area contributed by atoms with E-state index in [0.29, 0.717) is 13.1 Å². The number of nitrogens with one attached hydrogen (secondary N) is 1. The van der Waals surface area contributed by atoms with Crippen LogP contribution < -0.4 is 10.4 Å². The van der Waals surface area contributed by atoms with E-state index in [0.717, 1.165) is 24.8 Å². The summed E-state index contributed by atoms with van der Waals surface area (Å²) in [4.78, 5) is 20.0. The standard InChI is InChI=1S/C19H23F3N2O.C2HF3O2/c1-2-3-10-18(14-23-17(25)19(20,21)22)11-7-12-24(15-18)13-16-8-5-4-6-9-16;3-2(4,5)1(6)7/h4-9,11-12H,2-3,10,13-15H2,1H3;(H,6,7). The van der Waals surface area contributed by atoms with Gasteiger partial charge in [0.05, 0.1) is 5.41 Å². The topological polar surface area (TPSA) is 72.2 Å². The zero-order valence-electron chi connectivity index (χ0n) is 17.3. The number of hydrogen-bond acceptors (Lipinski definition) is 3. The van der Waals surface area contributed by atoms with Crippen LogP contribution in [0.3, 0.4) is 0 Å². The number of benzene rings is 1. The summed E-state index contributed by atoms with van der Waals surface area (Å²) in [6.07, 6.45) is -1.71. The van der Waals surface area contributed by atoms with Gasteiger partial charge in [-0.1, -0.05) is 56.2 Å². The highest BCUT2D eigenvalue weighted by Crippen LogP contribution is 2.29. The van der Waals surface area contributed by atoms with Crippen LogP contribution in [0.1, 0.15) is 31.7 Å². The van der Waals surface area contributed by atoms with Crippen LogP contribution in [-0.4, -0.2) is 48.1 Å². The van der Waals surface area contributed by atoms with E-state index in [1.807, 2.05) is 55.6 Å². The van der Waals surface area contributed by atoms with Crippen LogP contribution in [0.2, 0.25) is 0 Å². The van der Waals surface area contributed by atoms with Crippen LogP contribution >= 0.6 is 0 Å². The molecule has 1 unspecified atom stereocenters. The van der Waals surface area contributed by atoms with Crippen LogP contribution in [0, 0.1) is 5.41 Å². The Hall–Kier alpha value is -2.85. The summed E-state index contributed by atoms with van der Waals surface area (Å²) in [5, 5.41) is 10.9. The van der Waals surface area contributed by atoms with Gasteiger partial charge in [-0.2, -0.15) is 26.3 Å². The van der Waals surface area contributed by atoms with E-state index < -0.39 is 29.6 Å². The molecule has 178 valence electrons. The first-order chi connectivity index (χ1) is 14.8. The van der Waals surface area contributed by atoms with E-state index in [2.05, 4.69) is 9.89 Å². The lowest BCUT2D eigenvalue weighted by atomic mass is 9.80. The Morgan fingerprint density at radius 2 is 1.69 bits per heavy atom. The third-order valence-corrected chi connectivity index (χ3v) is 4.61. The number of allylic oxidation sites excluding steroid dienone is 1. The molecular formula is C21H24F6N2O3. The van der Waals surface area contributed by atoms with Crippen molar-refractivity contribution in [1.82, 2.24) is 5.32 Å². The van der Waals surface area contributed by atoms with Crippen LogP contribution in [0.15, 0.2) is 42.5 Å². The molecule has 2 rings (SSSR count). The minimum atomic E-state index is -5.19. The van der Waals surface area contributed by atoms with E-state index >= 15 is 0 Å². The van der Waals surface area contributed by atoms with Crippen molar-refractivity contribution < 1.29 is 45.6 Å². The van der Waals surface area contributed by atoms with Gasteiger partial charge in [-0.3, -0.25) is 4.79 Å². The van der Waals surface area contributed by atoms with Gasteiger partial charge in [-0.15, -0.1) is 0 Å². The lowest BCUT2D eigenvalue weighted by molar-refractivity contribution is -0.552. The quantitative estimate of drug-likeness (QED) is 0.496. The minimum absolute atomic E-state index is 0.0129. The predicted molar refractivity (Wildman–Crippen MR) is 103 cm³/mol. The number of carbonyl (C=O) groups excluding carboxylic acids is 2. The van der Waals surface area contributed by atoms with Crippen molar-refractivity contribution in [2.75, 3.05) is 13.1 Å². The molecule has 1 aromatic carbocycles. The van der Waals surface area contributed by atoms with Gasteiger partial charge in [0.25, 0.3) is 0 Å². The average molecular weight is 466 g/mol. The van der Waals surface area contributed by atoms with Crippen LogP contribution in [-0.2, 0) is 16.1 Å². The Bertz CT molecular complexity index is 819. The Kier molecular flexibility index (Phi) is 9.92. The van der Waals surface area contributed by atoms with Gasteiger partial charge in [-0.25, -0.2) is 4.58 Å². The van der Waals surface area contributed by atoms with Crippen molar-refractivity contribution in [3.63, 3.8) is 0 Å². The smallest absolute Gasteiger partial charge is 0.471 e. The number of rotatable bonds is 7. The molecule has 0 spiro atoms. The number of alkyl halides is 6. The molecule has 32 heavy (non-hydrogen) atoms. The van der Waals surface area contributed by atoms with Crippen LogP contribution in [0.25, 0.3) is 0 Å². The summed E-state index contributed by atoms with van der Waals surface area (Å²) in [7, 11) is 0. The fourth-order valence-electron chi connectivity index (χ4n) is 3.06. The second kappa shape index (κ2) is 11.7. The summed E-state index contributed by atoms with van der Waals surface area (Å²) < 4.78 is 71.1. The van der Waals surface area contributed by atoms with Crippen molar-refractivity contribution in [3.8, 4) is 0 Å².